The number of likely N-dealkylation sites (tertiary alicyclic amines) is 1. The van der Waals surface area contributed by atoms with Crippen LogP contribution in [0.25, 0.3) is 0 Å². The number of imide groups is 1. The lowest BCUT2D eigenvalue weighted by atomic mass is 10.00. The molecule has 5 nitrogen and oxygen atoms in total. The number of fused-ring (bicyclic) bond motifs is 1. The zero-order valence-electron chi connectivity index (χ0n) is 10.8. The van der Waals surface area contributed by atoms with Crippen molar-refractivity contribution in [3.05, 3.63) is 0 Å². The summed E-state index contributed by atoms with van der Waals surface area (Å²) in [6.45, 7) is 4.23. The Morgan fingerprint density at radius 3 is 2.44 bits per heavy atom. The van der Waals surface area contributed by atoms with E-state index in [1.54, 1.807) is 6.92 Å². The minimum atomic E-state index is -0.502. The van der Waals surface area contributed by atoms with Gasteiger partial charge in [0.25, 0.3) is 0 Å². The number of rotatable bonds is 4. The molecule has 0 aromatic carbocycles. The number of carbonyl (C=O) groups is 2. The van der Waals surface area contributed by atoms with Crippen molar-refractivity contribution < 1.29 is 14.3 Å². The third-order valence-electron chi connectivity index (χ3n) is 3.83. The van der Waals surface area contributed by atoms with Crippen molar-refractivity contribution in [2.75, 3.05) is 13.2 Å². The summed E-state index contributed by atoms with van der Waals surface area (Å²) in [5.41, 5.74) is 0. The van der Waals surface area contributed by atoms with E-state index in [1.165, 1.54) is 4.90 Å². The number of amides is 2. The molecular formula is C13H18N2O3. The molecule has 5 heteroatoms. The Balaban J connectivity index is 1.90. The Kier molecular flexibility index (Phi) is 3.67. The second kappa shape index (κ2) is 5.07. The van der Waals surface area contributed by atoms with E-state index in [1.807, 2.05) is 6.07 Å². The molecule has 2 rings (SSSR count). The Morgan fingerprint density at radius 1 is 1.39 bits per heavy atom. The van der Waals surface area contributed by atoms with Crippen LogP contribution in [0.5, 0.6) is 0 Å². The first kappa shape index (κ1) is 13.0. The molecule has 3 atom stereocenters. The van der Waals surface area contributed by atoms with E-state index in [-0.39, 0.29) is 36.8 Å². The molecule has 0 aromatic heterocycles. The third kappa shape index (κ3) is 2.25. The van der Waals surface area contributed by atoms with Crippen LogP contribution in [-0.4, -0.2) is 36.0 Å². The largest absolute Gasteiger partial charge is 0.362 e. The van der Waals surface area contributed by atoms with Gasteiger partial charge in [0, 0.05) is 0 Å². The van der Waals surface area contributed by atoms with Gasteiger partial charge in [-0.1, -0.05) is 6.92 Å². The van der Waals surface area contributed by atoms with Crippen LogP contribution in [0, 0.1) is 29.1 Å². The van der Waals surface area contributed by atoms with E-state index in [0.717, 1.165) is 12.8 Å². The standard InChI is InChI=1S/C13H18N2O3/c1-8-5-10-11(6-8)13(17)15(12(10)16)3-4-18-9(2)7-14/h8-11H,3-6H2,1-2H3. The van der Waals surface area contributed by atoms with Crippen LogP contribution in [0.2, 0.25) is 0 Å². The van der Waals surface area contributed by atoms with Gasteiger partial charge in [-0.2, -0.15) is 5.26 Å². The van der Waals surface area contributed by atoms with Crippen LogP contribution in [0.15, 0.2) is 0 Å². The highest BCUT2D eigenvalue weighted by Crippen LogP contribution is 2.42. The maximum absolute atomic E-state index is 12.1. The van der Waals surface area contributed by atoms with E-state index in [0.29, 0.717) is 5.92 Å². The normalized spacial score (nSPS) is 32.5. The molecule has 1 aliphatic heterocycles. The van der Waals surface area contributed by atoms with Gasteiger partial charge in [-0.25, -0.2) is 0 Å². The number of carbonyl (C=O) groups excluding carboxylic acids is 2. The van der Waals surface area contributed by atoms with Crippen molar-refractivity contribution in [2.45, 2.75) is 32.8 Å². The van der Waals surface area contributed by atoms with Gasteiger partial charge in [0.2, 0.25) is 11.8 Å². The first-order valence-electron chi connectivity index (χ1n) is 6.41. The fourth-order valence-corrected chi connectivity index (χ4v) is 2.92. The van der Waals surface area contributed by atoms with Crippen molar-refractivity contribution in [3.63, 3.8) is 0 Å². The summed E-state index contributed by atoms with van der Waals surface area (Å²) in [4.78, 5) is 25.5. The summed E-state index contributed by atoms with van der Waals surface area (Å²) >= 11 is 0. The van der Waals surface area contributed by atoms with Gasteiger partial charge in [0.1, 0.15) is 6.10 Å². The number of hydrogen-bond acceptors (Lipinski definition) is 4. The molecule has 18 heavy (non-hydrogen) atoms. The molecule has 2 fully saturated rings. The lowest BCUT2D eigenvalue weighted by molar-refractivity contribution is -0.141. The smallest absolute Gasteiger partial charge is 0.233 e. The highest BCUT2D eigenvalue weighted by Gasteiger charge is 2.51. The minimum absolute atomic E-state index is 0.0532. The van der Waals surface area contributed by atoms with Crippen molar-refractivity contribution in [3.8, 4) is 6.07 Å². The van der Waals surface area contributed by atoms with Gasteiger partial charge in [-0.15, -0.1) is 0 Å². The maximum atomic E-state index is 12.1. The van der Waals surface area contributed by atoms with Crippen LogP contribution in [0.1, 0.15) is 26.7 Å². The molecular weight excluding hydrogens is 232 g/mol. The molecule has 1 saturated heterocycles. The summed E-state index contributed by atoms with van der Waals surface area (Å²) in [6, 6.07) is 1.95. The number of nitriles is 1. The second-order valence-corrected chi connectivity index (χ2v) is 5.26. The lowest BCUT2D eigenvalue weighted by Crippen LogP contribution is -2.35. The van der Waals surface area contributed by atoms with Crippen LogP contribution in [0.4, 0.5) is 0 Å². The molecule has 0 N–H and O–H groups in total. The predicted molar refractivity (Wildman–Crippen MR) is 63.1 cm³/mol. The first-order valence-corrected chi connectivity index (χ1v) is 6.41. The Morgan fingerprint density at radius 2 is 1.94 bits per heavy atom. The molecule has 3 unspecified atom stereocenters. The maximum Gasteiger partial charge on any atom is 0.233 e. The number of nitrogens with zero attached hydrogens (tertiary/aromatic N) is 2. The Bertz CT molecular complexity index is 378. The van der Waals surface area contributed by atoms with Crippen molar-refractivity contribution >= 4 is 11.8 Å². The van der Waals surface area contributed by atoms with E-state index in [4.69, 9.17) is 10.00 Å². The fourth-order valence-electron chi connectivity index (χ4n) is 2.92. The lowest BCUT2D eigenvalue weighted by Gasteiger charge is -2.17. The summed E-state index contributed by atoms with van der Waals surface area (Å²) in [5, 5.41) is 8.57. The topological polar surface area (TPSA) is 70.4 Å². The van der Waals surface area contributed by atoms with Crippen molar-refractivity contribution in [1.82, 2.24) is 4.90 Å². The first-order chi connectivity index (χ1) is 8.54. The van der Waals surface area contributed by atoms with E-state index in [9.17, 15) is 9.59 Å². The number of ether oxygens (including phenoxy) is 1. The van der Waals surface area contributed by atoms with E-state index >= 15 is 0 Å². The molecule has 0 aromatic rings. The summed E-state index contributed by atoms with van der Waals surface area (Å²) in [5.74, 6) is 0.136. The quantitative estimate of drug-likeness (QED) is 0.696. The summed E-state index contributed by atoms with van der Waals surface area (Å²) < 4.78 is 5.19. The highest BCUT2D eigenvalue weighted by atomic mass is 16.5. The van der Waals surface area contributed by atoms with Crippen LogP contribution < -0.4 is 0 Å². The molecule has 2 amide bonds. The van der Waals surface area contributed by atoms with Crippen molar-refractivity contribution in [2.24, 2.45) is 17.8 Å². The van der Waals surface area contributed by atoms with Gasteiger partial charge in [0.05, 0.1) is 31.1 Å². The van der Waals surface area contributed by atoms with Gasteiger partial charge < -0.3 is 4.74 Å². The molecule has 1 aliphatic carbocycles. The highest BCUT2D eigenvalue weighted by molar-refractivity contribution is 6.05. The molecule has 98 valence electrons. The summed E-state index contributed by atoms with van der Waals surface area (Å²) in [6.07, 6.45) is 1.14. The Labute approximate surface area is 107 Å². The van der Waals surface area contributed by atoms with E-state index < -0.39 is 6.10 Å². The van der Waals surface area contributed by atoms with Crippen molar-refractivity contribution in [1.29, 1.82) is 5.26 Å². The zero-order chi connectivity index (χ0) is 13.3. The fraction of sp³-hybridized carbons (Fsp3) is 0.769. The average molecular weight is 250 g/mol. The number of hydrogen-bond donors (Lipinski definition) is 0. The van der Waals surface area contributed by atoms with Gasteiger partial charge in [-0.05, 0) is 25.7 Å². The minimum Gasteiger partial charge on any atom is -0.362 e. The van der Waals surface area contributed by atoms with Crippen LogP contribution in [-0.2, 0) is 14.3 Å². The van der Waals surface area contributed by atoms with Crippen LogP contribution in [0.3, 0.4) is 0 Å². The predicted octanol–water partition coefficient (Wildman–Crippen LogP) is 0.946. The van der Waals surface area contributed by atoms with Gasteiger partial charge in [-0.3, -0.25) is 14.5 Å². The molecule has 0 spiro atoms. The third-order valence-corrected chi connectivity index (χ3v) is 3.83. The van der Waals surface area contributed by atoms with Gasteiger partial charge >= 0.3 is 0 Å². The Hall–Kier alpha value is -1.41. The molecule has 0 bridgehead atoms. The average Bonchev–Trinajstić information content (AvgIpc) is 2.82. The molecule has 2 aliphatic rings. The van der Waals surface area contributed by atoms with Crippen LogP contribution >= 0.6 is 0 Å². The molecule has 0 radical (unpaired) electrons. The SMILES string of the molecule is CC1CC2C(=O)N(CCOC(C)C#N)C(=O)C2C1. The molecule has 1 heterocycles. The van der Waals surface area contributed by atoms with Gasteiger partial charge in [0.15, 0.2) is 0 Å². The monoisotopic (exact) mass is 250 g/mol. The second-order valence-electron chi connectivity index (χ2n) is 5.26. The summed E-state index contributed by atoms with van der Waals surface area (Å²) in [7, 11) is 0. The van der Waals surface area contributed by atoms with E-state index in [2.05, 4.69) is 6.92 Å². The zero-order valence-corrected chi connectivity index (χ0v) is 10.8. The molecule has 1 saturated carbocycles.